The molecule has 0 fully saturated rings. The van der Waals surface area contributed by atoms with Crippen LogP contribution in [0.3, 0.4) is 0 Å². The van der Waals surface area contributed by atoms with Crippen LogP contribution in [0.2, 0.25) is 0 Å². The normalized spacial score (nSPS) is 20.9. The average molecular weight is 229 g/mol. The van der Waals surface area contributed by atoms with E-state index in [0.29, 0.717) is 18.7 Å². The predicted molar refractivity (Wildman–Crippen MR) is 54.4 cm³/mol. The molecule has 1 unspecified atom stereocenters. The first-order valence-electron chi connectivity index (χ1n) is 5.00. The van der Waals surface area contributed by atoms with Crippen LogP contribution in [0.15, 0.2) is 18.2 Å². The molecular formula is C11H13F2NO2. The summed E-state index contributed by atoms with van der Waals surface area (Å²) < 4.78 is 28.3. The highest BCUT2D eigenvalue weighted by molar-refractivity contribution is 5.38. The predicted octanol–water partition coefficient (Wildman–Crippen LogP) is 1.77. The van der Waals surface area contributed by atoms with Crippen LogP contribution in [0.4, 0.5) is 8.78 Å². The van der Waals surface area contributed by atoms with E-state index in [0.717, 1.165) is 5.56 Å². The van der Waals surface area contributed by atoms with Crippen molar-refractivity contribution in [1.82, 2.24) is 4.90 Å². The van der Waals surface area contributed by atoms with E-state index in [4.69, 9.17) is 0 Å². The van der Waals surface area contributed by atoms with Gasteiger partial charge in [-0.2, -0.15) is 8.78 Å². The fourth-order valence-electron chi connectivity index (χ4n) is 1.95. The van der Waals surface area contributed by atoms with Crippen molar-refractivity contribution in [3.63, 3.8) is 0 Å². The number of alkyl halides is 2. The number of hydrogen-bond donors (Lipinski definition) is 1. The molecule has 1 atom stereocenters. The number of ether oxygens (including phenoxy) is 1. The molecule has 0 aromatic heterocycles. The zero-order valence-corrected chi connectivity index (χ0v) is 8.86. The first-order chi connectivity index (χ1) is 7.56. The van der Waals surface area contributed by atoms with Gasteiger partial charge in [-0.1, -0.05) is 6.07 Å². The Hall–Kier alpha value is -1.20. The molecule has 0 spiro atoms. The molecule has 0 radical (unpaired) electrons. The van der Waals surface area contributed by atoms with Crippen LogP contribution in [-0.2, 0) is 6.54 Å². The monoisotopic (exact) mass is 229 g/mol. The minimum absolute atomic E-state index is 0.0948. The van der Waals surface area contributed by atoms with E-state index >= 15 is 0 Å². The highest BCUT2D eigenvalue weighted by Crippen LogP contribution is 2.29. The molecule has 0 amide bonds. The number of fused-ring (bicyclic) bond motifs is 1. The van der Waals surface area contributed by atoms with E-state index in [1.54, 1.807) is 6.07 Å². The first kappa shape index (κ1) is 11.3. The summed E-state index contributed by atoms with van der Waals surface area (Å²) in [6.07, 6.45) is -0.644. The number of likely N-dealkylation sites (N-methyl/N-ethyl adjacent to an activating group) is 1. The zero-order valence-electron chi connectivity index (χ0n) is 8.86. The maximum Gasteiger partial charge on any atom is 0.387 e. The number of aliphatic hydroxyl groups excluding tert-OH is 1. The lowest BCUT2D eigenvalue weighted by atomic mass is 9.97. The molecule has 1 heterocycles. The highest BCUT2D eigenvalue weighted by atomic mass is 19.3. The van der Waals surface area contributed by atoms with Crippen molar-refractivity contribution in [1.29, 1.82) is 0 Å². The zero-order chi connectivity index (χ0) is 11.7. The molecule has 3 nitrogen and oxygen atoms in total. The summed E-state index contributed by atoms with van der Waals surface area (Å²) in [5.74, 6) is 0.0948. The maximum absolute atomic E-state index is 12.0. The highest BCUT2D eigenvalue weighted by Gasteiger charge is 2.22. The summed E-state index contributed by atoms with van der Waals surface area (Å²) in [4.78, 5) is 1.97. The van der Waals surface area contributed by atoms with Gasteiger partial charge in [-0.25, -0.2) is 0 Å². The van der Waals surface area contributed by atoms with Gasteiger partial charge in [0.05, 0.1) is 6.10 Å². The Morgan fingerprint density at radius 1 is 1.50 bits per heavy atom. The van der Waals surface area contributed by atoms with Gasteiger partial charge in [-0.3, -0.25) is 4.90 Å². The lowest BCUT2D eigenvalue weighted by molar-refractivity contribution is -0.0500. The number of aliphatic hydroxyl groups is 1. The van der Waals surface area contributed by atoms with Crippen LogP contribution in [0.5, 0.6) is 5.75 Å². The number of rotatable bonds is 2. The molecular weight excluding hydrogens is 216 g/mol. The number of benzene rings is 1. The minimum Gasteiger partial charge on any atom is -0.435 e. The van der Waals surface area contributed by atoms with Gasteiger partial charge in [0.15, 0.2) is 0 Å². The molecule has 1 N–H and O–H groups in total. The average Bonchev–Trinajstić information content (AvgIpc) is 2.18. The maximum atomic E-state index is 12.0. The SMILES string of the molecule is CN1Cc2ccc(OC(F)F)cc2C(O)C1. The van der Waals surface area contributed by atoms with Crippen molar-refractivity contribution in [2.24, 2.45) is 0 Å². The van der Waals surface area contributed by atoms with Crippen molar-refractivity contribution in [3.05, 3.63) is 29.3 Å². The van der Waals surface area contributed by atoms with Gasteiger partial charge in [-0.05, 0) is 30.3 Å². The van der Waals surface area contributed by atoms with Gasteiger partial charge >= 0.3 is 6.61 Å². The van der Waals surface area contributed by atoms with Gasteiger partial charge in [0.25, 0.3) is 0 Å². The van der Waals surface area contributed by atoms with Crippen LogP contribution >= 0.6 is 0 Å². The van der Waals surface area contributed by atoms with Gasteiger partial charge in [0.2, 0.25) is 0 Å². The molecule has 5 heteroatoms. The van der Waals surface area contributed by atoms with E-state index in [9.17, 15) is 13.9 Å². The summed E-state index contributed by atoms with van der Waals surface area (Å²) in [6, 6.07) is 4.70. The molecule has 0 saturated carbocycles. The topological polar surface area (TPSA) is 32.7 Å². The second kappa shape index (κ2) is 4.35. The van der Waals surface area contributed by atoms with Gasteiger partial charge in [0.1, 0.15) is 5.75 Å². The van der Waals surface area contributed by atoms with Gasteiger partial charge in [0, 0.05) is 13.1 Å². The molecule has 2 rings (SSSR count). The molecule has 0 bridgehead atoms. The second-order valence-electron chi connectivity index (χ2n) is 3.95. The van der Waals surface area contributed by atoms with Crippen molar-refractivity contribution in [2.75, 3.05) is 13.6 Å². The third-order valence-corrected chi connectivity index (χ3v) is 2.63. The Morgan fingerprint density at radius 2 is 2.25 bits per heavy atom. The van der Waals surface area contributed by atoms with Gasteiger partial charge < -0.3 is 9.84 Å². The first-order valence-corrected chi connectivity index (χ1v) is 5.00. The van der Waals surface area contributed by atoms with Crippen LogP contribution in [-0.4, -0.2) is 30.2 Å². The third-order valence-electron chi connectivity index (χ3n) is 2.63. The quantitative estimate of drug-likeness (QED) is 0.838. The Kier molecular flexibility index (Phi) is 3.07. The molecule has 1 aromatic rings. The Morgan fingerprint density at radius 3 is 2.94 bits per heavy atom. The number of hydrogen-bond acceptors (Lipinski definition) is 3. The van der Waals surface area contributed by atoms with E-state index < -0.39 is 12.7 Å². The smallest absolute Gasteiger partial charge is 0.387 e. The number of halogens is 2. The molecule has 1 aliphatic heterocycles. The molecule has 1 aliphatic rings. The van der Waals surface area contributed by atoms with E-state index in [1.165, 1.54) is 12.1 Å². The lowest BCUT2D eigenvalue weighted by Gasteiger charge is -2.29. The van der Waals surface area contributed by atoms with Crippen molar-refractivity contribution < 1.29 is 18.6 Å². The Bertz CT molecular complexity index is 384. The standard InChI is InChI=1S/C11H13F2NO2/c1-14-5-7-2-3-8(16-11(12)13)4-9(7)10(15)6-14/h2-4,10-11,15H,5-6H2,1H3. The van der Waals surface area contributed by atoms with E-state index in [-0.39, 0.29) is 5.75 Å². The summed E-state index contributed by atoms with van der Waals surface area (Å²) in [6.45, 7) is -1.62. The Balaban J connectivity index is 2.27. The van der Waals surface area contributed by atoms with E-state index in [1.807, 2.05) is 11.9 Å². The molecule has 88 valence electrons. The molecule has 0 saturated heterocycles. The van der Waals surface area contributed by atoms with Crippen molar-refractivity contribution in [2.45, 2.75) is 19.3 Å². The van der Waals surface area contributed by atoms with Crippen LogP contribution in [0.25, 0.3) is 0 Å². The Labute approximate surface area is 92.2 Å². The fraction of sp³-hybridized carbons (Fsp3) is 0.455. The van der Waals surface area contributed by atoms with Crippen LogP contribution in [0.1, 0.15) is 17.2 Å². The largest absolute Gasteiger partial charge is 0.435 e. The minimum atomic E-state index is -2.83. The molecule has 16 heavy (non-hydrogen) atoms. The van der Waals surface area contributed by atoms with Crippen molar-refractivity contribution >= 4 is 0 Å². The van der Waals surface area contributed by atoms with Crippen LogP contribution < -0.4 is 4.74 Å². The van der Waals surface area contributed by atoms with Crippen molar-refractivity contribution in [3.8, 4) is 5.75 Å². The number of nitrogens with zero attached hydrogens (tertiary/aromatic N) is 1. The fourth-order valence-corrected chi connectivity index (χ4v) is 1.95. The van der Waals surface area contributed by atoms with Crippen LogP contribution in [0, 0.1) is 0 Å². The molecule has 0 aliphatic carbocycles. The second-order valence-corrected chi connectivity index (χ2v) is 3.95. The van der Waals surface area contributed by atoms with Gasteiger partial charge in [-0.15, -0.1) is 0 Å². The third kappa shape index (κ3) is 2.31. The molecule has 1 aromatic carbocycles. The summed E-state index contributed by atoms with van der Waals surface area (Å²) >= 11 is 0. The number of β-amino-alcohol motifs (C(OH)–C–C–N with tert-alkyl or cyclic N) is 1. The lowest BCUT2D eigenvalue weighted by Crippen LogP contribution is -2.30. The van der Waals surface area contributed by atoms with E-state index in [2.05, 4.69) is 4.74 Å². The summed E-state index contributed by atoms with van der Waals surface area (Å²) in [5, 5.41) is 9.81. The summed E-state index contributed by atoms with van der Waals surface area (Å²) in [5.41, 5.74) is 1.62. The summed E-state index contributed by atoms with van der Waals surface area (Å²) in [7, 11) is 1.90.